The van der Waals surface area contributed by atoms with Gasteiger partial charge in [-0.2, -0.15) is 0 Å². The van der Waals surface area contributed by atoms with Crippen LogP contribution in [0.5, 0.6) is 0 Å². The summed E-state index contributed by atoms with van der Waals surface area (Å²) in [6.07, 6.45) is 8.29. The first-order chi connectivity index (χ1) is 11.4. The summed E-state index contributed by atoms with van der Waals surface area (Å²) in [7, 11) is 0. The molecule has 3 saturated carbocycles. The van der Waals surface area contributed by atoms with Gasteiger partial charge in [0.05, 0.1) is 12.0 Å². The van der Waals surface area contributed by atoms with E-state index in [1.54, 1.807) is 6.92 Å². The third-order valence-corrected chi connectivity index (χ3v) is 6.27. The van der Waals surface area contributed by atoms with E-state index in [9.17, 15) is 15.0 Å². The summed E-state index contributed by atoms with van der Waals surface area (Å²) in [6.45, 7) is 1.80. The van der Waals surface area contributed by atoms with Crippen LogP contribution >= 0.6 is 0 Å². The van der Waals surface area contributed by atoms with Crippen LogP contribution in [-0.2, 0) is 4.79 Å². The molecule has 24 heavy (non-hydrogen) atoms. The van der Waals surface area contributed by atoms with Crippen LogP contribution in [-0.4, -0.2) is 33.0 Å². The van der Waals surface area contributed by atoms with Crippen LogP contribution in [0.1, 0.15) is 58.3 Å². The summed E-state index contributed by atoms with van der Waals surface area (Å²) >= 11 is 0. The molecular formula is C20H28O4. The van der Waals surface area contributed by atoms with Crippen LogP contribution < -0.4 is 0 Å². The van der Waals surface area contributed by atoms with Crippen molar-refractivity contribution < 1.29 is 20.1 Å². The molecule has 3 fully saturated rings. The lowest BCUT2D eigenvalue weighted by molar-refractivity contribution is -0.136. The lowest BCUT2D eigenvalue weighted by atomic mass is 9.57. The number of carboxylic acids is 1. The van der Waals surface area contributed by atoms with Crippen LogP contribution in [0.2, 0.25) is 0 Å². The maximum absolute atomic E-state index is 10.6. The lowest BCUT2D eigenvalue weighted by Gasteiger charge is -2.48. The predicted octanol–water partition coefficient (Wildman–Crippen LogP) is 2.74. The molecule has 0 aromatic heterocycles. The van der Waals surface area contributed by atoms with E-state index in [2.05, 4.69) is 17.9 Å². The first kappa shape index (κ1) is 17.5. The Morgan fingerprint density at radius 2 is 2.08 bits per heavy atom. The fourth-order valence-electron chi connectivity index (χ4n) is 4.39. The molecule has 0 saturated heterocycles. The number of fused-ring (bicyclic) bond motifs is 1. The Balaban J connectivity index is 1.63. The third kappa shape index (κ3) is 3.53. The molecular weight excluding hydrogens is 304 g/mol. The second kappa shape index (κ2) is 6.90. The molecule has 0 bridgehead atoms. The minimum Gasteiger partial charge on any atom is -0.481 e. The van der Waals surface area contributed by atoms with Gasteiger partial charge in [-0.1, -0.05) is 29.9 Å². The lowest BCUT2D eigenvalue weighted by Crippen LogP contribution is -2.45. The summed E-state index contributed by atoms with van der Waals surface area (Å²) in [5, 5.41) is 29.6. The second-order valence-corrected chi connectivity index (χ2v) is 7.90. The molecule has 4 nitrogen and oxygen atoms in total. The first-order valence-electron chi connectivity index (χ1n) is 9.22. The number of allylic oxidation sites excluding steroid dienone is 2. The molecule has 3 rings (SSSR count). The van der Waals surface area contributed by atoms with Crippen molar-refractivity contribution in [3.05, 3.63) is 11.6 Å². The number of carbonyl (C=O) groups is 1. The highest BCUT2D eigenvalue weighted by molar-refractivity contribution is 5.66. The van der Waals surface area contributed by atoms with E-state index in [1.807, 2.05) is 0 Å². The van der Waals surface area contributed by atoms with Gasteiger partial charge in [-0.3, -0.25) is 4.79 Å². The van der Waals surface area contributed by atoms with E-state index < -0.39 is 17.7 Å². The summed E-state index contributed by atoms with van der Waals surface area (Å²) in [4.78, 5) is 10.6. The Morgan fingerprint density at radius 1 is 1.33 bits per heavy atom. The van der Waals surface area contributed by atoms with Gasteiger partial charge in [0.15, 0.2) is 0 Å². The fourth-order valence-corrected chi connectivity index (χ4v) is 4.39. The number of aliphatic carboxylic acids is 1. The van der Waals surface area contributed by atoms with Crippen molar-refractivity contribution in [2.75, 3.05) is 0 Å². The highest BCUT2D eigenvalue weighted by atomic mass is 16.4. The normalized spacial score (nSPS) is 36.5. The van der Waals surface area contributed by atoms with Crippen molar-refractivity contribution in [1.29, 1.82) is 0 Å². The Morgan fingerprint density at radius 3 is 2.71 bits per heavy atom. The molecule has 0 amide bonds. The molecule has 132 valence electrons. The van der Waals surface area contributed by atoms with Gasteiger partial charge in [0.1, 0.15) is 5.60 Å². The molecule has 3 aliphatic rings. The SMILES string of the molecule is CC(O)(C#C[C@H]1[C@@H]2CC(=CCCC(=O)O)[C@@H]2CC[C@@H]1O)C1CCC1. The molecule has 4 heteroatoms. The van der Waals surface area contributed by atoms with Gasteiger partial charge in [0, 0.05) is 6.42 Å². The van der Waals surface area contributed by atoms with Crippen molar-refractivity contribution in [1.82, 2.24) is 0 Å². The molecule has 3 aliphatic carbocycles. The van der Waals surface area contributed by atoms with Crippen molar-refractivity contribution in [3.8, 4) is 11.8 Å². The highest BCUT2D eigenvalue weighted by Crippen LogP contribution is 2.51. The Labute approximate surface area is 144 Å². The molecule has 0 aliphatic heterocycles. The van der Waals surface area contributed by atoms with Crippen molar-refractivity contribution in [3.63, 3.8) is 0 Å². The van der Waals surface area contributed by atoms with E-state index in [4.69, 9.17) is 5.11 Å². The van der Waals surface area contributed by atoms with E-state index in [0.717, 1.165) is 32.1 Å². The fraction of sp³-hybridized carbons (Fsp3) is 0.750. The zero-order valence-corrected chi connectivity index (χ0v) is 14.4. The number of rotatable bonds is 4. The Kier molecular flexibility index (Phi) is 5.03. The summed E-state index contributed by atoms with van der Waals surface area (Å²) in [5.74, 6) is 6.53. The zero-order valence-electron chi connectivity index (χ0n) is 14.4. The third-order valence-electron chi connectivity index (χ3n) is 6.27. The average molecular weight is 332 g/mol. The molecule has 0 aromatic carbocycles. The van der Waals surface area contributed by atoms with E-state index in [-0.39, 0.29) is 18.3 Å². The standard InChI is InChI=1S/C20H28O4/c1-20(24,14-5-3-6-14)11-10-16-17-12-13(4-2-7-19(22)23)15(17)8-9-18(16)21/h4,14-18,21,24H,2-3,5-9,12H2,1H3,(H,22,23)/t15-,16-,17+,18-,20?/m0/s1. The number of aliphatic hydroxyl groups excluding tert-OH is 1. The molecule has 5 atom stereocenters. The predicted molar refractivity (Wildman–Crippen MR) is 91.0 cm³/mol. The van der Waals surface area contributed by atoms with E-state index in [0.29, 0.717) is 18.3 Å². The van der Waals surface area contributed by atoms with Gasteiger partial charge >= 0.3 is 5.97 Å². The Bertz CT molecular complexity index is 576. The van der Waals surface area contributed by atoms with Crippen molar-refractivity contribution in [2.45, 2.75) is 70.0 Å². The van der Waals surface area contributed by atoms with E-state index in [1.165, 1.54) is 12.0 Å². The monoisotopic (exact) mass is 332 g/mol. The van der Waals surface area contributed by atoms with Crippen LogP contribution in [0, 0.1) is 35.5 Å². The number of aliphatic hydroxyl groups is 2. The Hall–Kier alpha value is -1.31. The average Bonchev–Trinajstić information content (AvgIpc) is 2.40. The first-order valence-corrected chi connectivity index (χ1v) is 9.22. The van der Waals surface area contributed by atoms with Crippen LogP contribution in [0.3, 0.4) is 0 Å². The van der Waals surface area contributed by atoms with Crippen LogP contribution in [0.15, 0.2) is 11.6 Å². The second-order valence-electron chi connectivity index (χ2n) is 7.90. The van der Waals surface area contributed by atoms with Gasteiger partial charge in [0.2, 0.25) is 0 Å². The summed E-state index contributed by atoms with van der Waals surface area (Å²) in [6, 6.07) is 0. The van der Waals surface area contributed by atoms with E-state index >= 15 is 0 Å². The number of carboxylic acid groups (broad SMARTS) is 1. The smallest absolute Gasteiger partial charge is 0.303 e. The van der Waals surface area contributed by atoms with Gasteiger partial charge in [-0.25, -0.2) is 0 Å². The van der Waals surface area contributed by atoms with Gasteiger partial charge in [-0.15, -0.1) is 0 Å². The maximum atomic E-state index is 10.6. The molecule has 0 spiro atoms. The molecule has 0 aromatic rings. The zero-order chi connectivity index (χ0) is 17.3. The summed E-state index contributed by atoms with van der Waals surface area (Å²) in [5.41, 5.74) is 0.403. The maximum Gasteiger partial charge on any atom is 0.303 e. The van der Waals surface area contributed by atoms with Crippen LogP contribution in [0.25, 0.3) is 0 Å². The van der Waals surface area contributed by atoms with Gasteiger partial charge in [-0.05, 0) is 63.2 Å². The topological polar surface area (TPSA) is 77.8 Å². The van der Waals surface area contributed by atoms with Gasteiger partial charge in [0.25, 0.3) is 0 Å². The molecule has 1 unspecified atom stereocenters. The van der Waals surface area contributed by atoms with Crippen LogP contribution in [0.4, 0.5) is 0 Å². The highest BCUT2D eigenvalue weighted by Gasteiger charge is 2.46. The number of hydrogen-bond donors (Lipinski definition) is 3. The van der Waals surface area contributed by atoms with Crippen molar-refractivity contribution >= 4 is 5.97 Å². The number of hydrogen-bond acceptors (Lipinski definition) is 3. The quantitative estimate of drug-likeness (QED) is 0.546. The van der Waals surface area contributed by atoms with Gasteiger partial charge < -0.3 is 15.3 Å². The molecule has 3 N–H and O–H groups in total. The van der Waals surface area contributed by atoms with Crippen molar-refractivity contribution in [2.24, 2.45) is 23.7 Å². The minimum atomic E-state index is -0.936. The molecule has 0 heterocycles. The summed E-state index contributed by atoms with van der Waals surface area (Å²) < 4.78 is 0. The molecule has 0 radical (unpaired) electrons. The largest absolute Gasteiger partial charge is 0.481 e. The minimum absolute atomic E-state index is 0.0630.